The maximum absolute atomic E-state index is 12.9. The molecule has 156 valence electrons. The first-order valence-corrected chi connectivity index (χ1v) is 10.4. The molecule has 2 rings (SSSR count). The summed E-state index contributed by atoms with van der Waals surface area (Å²) in [6.45, 7) is 5.33. The zero-order valence-corrected chi connectivity index (χ0v) is 17.5. The third-order valence-electron chi connectivity index (χ3n) is 4.31. The molecule has 0 saturated carbocycles. The quantitative estimate of drug-likeness (QED) is 0.604. The minimum atomic E-state index is -4.01. The summed E-state index contributed by atoms with van der Waals surface area (Å²) >= 11 is 0. The van der Waals surface area contributed by atoms with Crippen molar-refractivity contribution in [3.63, 3.8) is 0 Å². The normalized spacial score (nSPS) is 12.4. The number of methoxy groups -OCH3 is 1. The molecule has 1 unspecified atom stereocenters. The van der Waals surface area contributed by atoms with Crippen molar-refractivity contribution in [3.8, 4) is 5.75 Å². The molecule has 2 amide bonds. The number of rotatable bonds is 8. The Morgan fingerprint density at radius 3 is 2.17 bits per heavy atom. The molecule has 0 fully saturated rings. The van der Waals surface area contributed by atoms with Crippen molar-refractivity contribution in [3.05, 3.63) is 53.6 Å². The van der Waals surface area contributed by atoms with Gasteiger partial charge in [-0.1, -0.05) is 19.9 Å². The Kier molecular flexibility index (Phi) is 6.99. The van der Waals surface area contributed by atoms with Gasteiger partial charge in [0.05, 0.1) is 13.2 Å². The number of benzene rings is 2. The van der Waals surface area contributed by atoms with Crippen LogP contribution in [0.5, 0.6) is 5.75 Å². The number of amides is 2. The summed E-state index contributed by atoms with van der Waals surface area (Å²) in [7, 11) is -2.63. The number of nitrogens with one attached hydrogen (secondary N) is 2. The lowest BCUT2D eigenvalue weighted by atomic mass is 10.0. The van der Waals surface area contributed by atoms with E-state index in [4.69, 9.17) is 10.5 Å². The van der Waals surface area contributed by atoms with Gasteiger partial charge in [0.15, 0.2) is 0 Å². The van der Waals surface area contributed by atoms with Crippen LogP contribution in [0.2, 0.25) is 0 Å². The number of hydrogen-bond donors (Lipinski definition) is 3. The average Bonchev–Trinajstić information content (AvgIpc) is 2.67. The standard InChI is InChI=1S/C20H25N3O5S/c1-12(2)15-7-10-17(28-4)18(11-15)29(26,27)23-13(3)20(25)22-16-8-5-14(6-9-16)19(21)24/h5-13,23H,1-4H3,(H2,21,24)(H,22,25). The highest BCUT2D eigenvalue weighted by molar-refractivity contribution is 7.89. The molecule has 0 radical (unpaired) electrons. The van der Waals surface area contributed by atoms with Gasteiger partial charge in [-0.25, -0.2) is 8.42 Å². The summed E-state index contributed by atoms with van der Waals surface area (Å²) in [5.41, 5.74) is 6.72. The summed E-state index contributed by atoms with van der Waals surface area (Å²) < 4.78 is 33.2. The highest BCUT2D eigenvalue weighted by Gasteiger charge is 2.26. The molecule has 0 spiro atoms. The fourth-order valence-corrected chi connectivity index (χ4v) is 3.99. The van der Waals surface area contributed by atoms with E-state index in [-0.39, 0.29) is 16.6 Å². The first kappa shape index (κ1) is 22.4. The minimum absolute atomic E-state index is 0.0309. The van der Waals surface area contributed by atoms with Gasteiger partial charge in [0.25, 0.3) is 0 Å². The van der Waals surface area contributed by atoms with Crippen molar-refractivity contribution in [2.75, 3.05) is 12.4 Å². The van der Waals surface area contributed by atoms with Gasteiger partial charge < -0.3 is 15.8 Å². The number of primary amides is 1. The molecule has 0 saturated heterocycles. The fraction of sp³-hybridized carbons (Fsp3) is 0.300. The van der Waals surface area contributed by atoms with Crippen molar-refractivity contribution in [2.45, 2.75) is 37.6 Å². The van der Waals surface area contributed by atoms with Crippen LogP contribution in [0.25, 0.3) is 0 Å². The van der Waals surface area contributed by atoms with Gasteiger partial charge in [-0.3, -0.25) is 9.59 Å². The SMILES string of the molecule is COc1ccc(C(C)C)cc1S(=O)(=O)NC(C)C(=O)Nc1ccc(C(N)=O)cc1. The molecular weight excluding hydrogens is 394 g/mol. The molecule has 2 aromatic carbocycles. The zero-order chi connectivity index (χ0) is 21.8. The van der Waals surface area contributed by atoms with E-state index in [2.05, 4.69) is 10.0 Å². The maximum Gasteiger partial charge on any atom is 0.248 e. The van der Waals surface area contributed by atoms with Crippen molar-refractivity contribution in [2.24, 2.45) is 5.73 Å². The predicted octanol–water partition coefficient (Wildman–Crippen LogP) is 2.22. The van der Waals surface area contributed by atoms with Crippen LogP contribution < -0.4 is 20.5 Å². The molecule has 0 aliphatic heterocycles. The zero-order valence-electron chi connectivity index (χ0n) is 16.7. The number of nitrogens with two attached hydrogens (primary N) is 1. The summed E-state index contributed by atoms with van der Waals surface area (Å²) in [6.07, 6.45) is 0. The Balaban J connectivity index is 2.18. The van der Waals surface area contributed by atoms with Crippen LogP contribution in [0.3, 0.4) is 0 Å². The molecule has 0 heterocycles. The smallest absolute Gasteiger partial charge is 0.248 e. The van der Waals surface area contributed by atoms with Gasteiger partial charge in [0.1, 0.15) is 10.6 Å². The molecular formula is C20H25N3O5S. The van der Waals surface area contributed by atoms with Crippen molar-refractivity contribution >= 4 is 27.5 Å². The number of carbonyl (C=O) groups is 2. The van der Waals surface area contributed by atoms with Crippen LogP contribution in [0.1, 0.15) is 42.6 Å². The Bertz CT molecular complexity index is 1000. The van der Waals surface area contributed by atoms with Crippen LogP contribution in [0.15, 0.2) is 47.4 Å². The number of anilines is 1. The van der Waals surface area contributed by atoms with Crippen LogP contribution >= 0.6 is 0 Å². The molecule has 0 aliphatic carbocycles. The summed E-state index contributed by atoms with van der Waals surface area (Å²) in [6, 6.07) is 9.83. The molecule has 0 bridgehead atoms. The lowest BCUT2D eigenvalue weighted by molar-refractivity contribution is -0.117. The highest BCUT2D eigenvalue weighted by Crippen LogP contribution is 2.28. The molecule has 9 heteroatoms. The van der Waals surface area contributed by atoms with Crippen molar-refractivity contribution < 1.29 is 22.7 Å². The Morgan fingerprint density at radius 2 is 1.66 bits per heavy atom. The maximum atomic E-state index is 12.9. The lowest BCUT2D eigenvalue weighted by Gasteiger charge is -2.17. The molecule has 8 nitrogen and oxygen atoms in total. The monoisotopic (exact) mass is 419 g/mol. The number of carbonyl (C=O) groups excluding carboxylic acids is 2. The first-order valence-electron chi connectivity index (χ1n) is 8.96. The van der Waals surface area contributed by atoms with Gasteiger partial charge in [-0.05, 0) is 54.8 Å². The van der Waals surface area contributed by atoms with Crippen LogP contribution in [-0.2, 0) is 14.8 Å². The highest BCUT2D eigenvalue weighted by atomic mass is 32.2. The first-order chi connectivity index (χ1) is 13.5. The van der Waals surface area contributed by atoms with E-state index in [0.29, 0.717) is 11.3 Å². The van der Waals surface area contributed by atoms with E-state index < -0.39 is 27.9 Å². The summed E-state index contributed by atoms with van der Waals surface area (Å²) in [5, 5.41) is 2.59. The lowest BCUT2D eigenvalue weighted by Crippen LogP contribution is -2.41. The van der Waals surface area contributed by atoms with Crippen LogP contribution in [0.4, 0.5) is 5.69 Å². The van der Waals surface area contributed by atoms with E-state index in [1.165, 1.54) is 38.3 Å². The van der Waals surface area contributed by atoms with E-state index in [9.17, 15) is 18.0 Å². The third kappa shape index (κ3) is 5.55. The molecule has 29 heavy (non-hydrogen) atoms. The van der Waals surface area contributed by atoms with E-state index in [0.717, 1.165) is 5.56 Å². The molecule has 4 N–H and O–H groups in total. The molecule has 0 aliphatic rings. The Labute approximate surface area is 170 Å². The van der Waals surface area contributed by atoms with E-state index in [1.54, 1.807) is 18.2 Å². The topological polar surface area (TPSA) is 128 Å². The predicted molar refractivity (Wildman–Crippen MR) is 110 cm³/mol. The van der Waals surface area contributed by atoms with Crippen LogP contribution in [-0.4, -0.2) is 33.4 Å². The van der Waals surface area contributed by atoms with E-state index in [1.807, 2.05) is 13.8 Å². The van der Waals surface area contributed by atoms with Crippen molar-refractivity contribution in [1.29, 1.82) is 0 Å². The van der Waals surface area contributed by atoms with Gasteiger partial charge in [-0.15, -0.1) is 0 Å². The third-order valence-corrected chi connectivity index (χ3v) is 5.87. The fourth-order valence-electron chi connectivity index (χ4n) is 2.58. The van der Waals surface area contributed by atoms with Gasteiger partial charge in [0.2, 0.25) is 21.8 Å². The number of hydrogen-bond acceptors (Lipinski definition) is 5. The second-order valence-corrected chi connectivity index (χ2v) is 8.52. The number of ether oxygens (including phenoxy) is 1. The summed E-state index contributed by atoms with van der Waals surface area (Å²) in [4.78, 5) is 23.5. The summed E-state index contributed by atoms with van der Waals surface area (Å²) in [5.74, 6) is -0.823. The minimum Gasteiger partial charge on any atom is -0.495 e. The second kappa shape index (κ2) is 9.06. The van der Waals surface area contributed by atoms with Crippen molar-refractivity contribution in [1.82, 2.24) is 4.72 Å². The Morgan fingerprint density at radius 1 is 1.03 bits per heavy atom. The van der Waals surface area contributed by atoms with Gasteiger partial charge >= 0.3 is 0 Å². The second-order valence-electron chi connectivity index (χ2n) is 6.84. The number of sulfonamides is 1. The largest absolute Gasteiger partial charge is 0.495 e. The van der Waals surface area contributed by atoms with Gasteiger partial charge in [-0.2, -0.15) is 4.72 Å². The van der Waals surface area contributed by atoms with E-state index >= 15 is 0 Å². The average molecular weight is 420 g/mol. The van der Waals surface area contributed by atoms with Gasteiger partial charge in [0, 0.05) is 11.3 Å². The molecule has 0 aromatic heterocycles. The Hall–Kier alpha value is -2.91. The van der Waals surface area contributed by atoms with Crippen LogP contribution in [0, 0.1) is 0 Å². The molecule has 2 aromatic rings. The molecule has 1 atom stereocenters.